The van der Waals surface area contributed by atoms with Crippen LogP contribution >= 0.6 is 23.2 Å². The van der Waals surface area contributed by atoms with Gasteiger partial charge in [-0.2, -0.15) is 0 Å². The maximum Gasteiger partial charge on any atom is 0.269 e. The number of nitrogens with zero attached hydrogens (tertiary/aromatic N) is 2. The molecule has 5 nitrogen and oxygen atoms in total. The second kappa shape index (κ2) is 7.25. The van der Waals surface area contributed by atoms with E-state index >= 15 is 0 Å². The summed E-state index contributed by atoms with van der Waals surface area (Å²) < 4.78 is 1.40. The monoisotopic (exact) mass is 375 g/mol. The van der Waals surface area contributed by atoms with E-state index in [9.17, 15) is 9.59 Å². The molecular weight excluding hydrogens is 361 g/mol. The molecule has 3 aromatic rings. The average molecular weight is 376 g/mol. The van der Waals surface area contributed by atoms with Gasteiger partial charge in [-0.05, 0) is 36.8 Å². The Hall–Kier alpha value is -2.37. The van der Waals surface area contributed by atoms with Gasteiger partial charge in [0.15, 0.2) is 0 Å². The number of halogens is 2. The molecule has 25 heavy (non-hydrogen) atoms. The highest BCUT2D eigenvalue weighted by Gasteiger charge is 2.15. The SMILES string of the molecule is CC(NC(=O)Cn1c(=O)cnc2ccccc21)c1ccc(Cl)cc1Cl. The first kappa shape index (κ1) is 17.5. The highest BCUT2D eigenvalue weighted by atomic mass is 35.5. The molecular formula is C18H15Cl2N3O2. The lowest BCUT2D eigenvalue weighted by Crippen LogP contribution is -2.34. The van der Waals surface area contributed by atoms with Crippen molar-refractivity contribution in [1.29, 1.82) is 0 Å². The Morgan fingerprint density at radius 2 is 2.00 bits per heavy atom. The number of hydrogen-bond acceptors (Lipinski definition) is 3. The summed E-state index contributed by atoms with van der Waals surface area (Å²) in [6, 6.07) is 12.0. The van der Waals surface area contributed by atoms with Gasteiger partial charge < -0.3 is 5.32 Å². The van der Waals surface area contributed by atoms with Crippen molar-refractivity contribution < 1.29 is 4.79 Å². The molecule has 1 aromatic heterocycles. The Kier molecular flexibility index (Phi) is 5.06. The number of aromatic nitrogens is 2. The lowest BCUT2D eigenvalue weighted by molar-refractivity contribution is -0.122. The average Bonchev–Trinajstić information content (AvgIpc) is 2.57. The van der Waals surface area contributed by atoms with Crippen LogP contribution in [0.15, 0.2) is 53.5 Å². The normalized spacial score (nSPS) is 12.1. The van der Waals surface area contributed by atoms with Gasteiger partial charge in [-0.15, -0.1) is 0 Å². The molecule has 0 saturated heterocycles. The summed E-state index contributed by atoms with van der Waals surface area (Å²) in [5.41, 5.74) is 1.70. The Balaban J connectivity index is 1.81. The number of hydrogen-bond donors (Lipinski definition) is 1. The van der Waals surface area contributed by atoms with Gasteiger partial charge >= 0.3 is 0 Å². The van der Waals surface area contributed by atoms with E-state index in [1.54, 1.807) is 36.4 Å². The van der Waals surface area contributed by atoms with Gasteiger partial charge in [-0.25, -0.2) is 4.98 Å². The molecule has 0 radical (unpaired) electrons. The Morgan fingerprint density at radius 1 is 1.24 bits per heavy atom. The lowest BCUT2D eigenvalue weighted by atomic mass is 10.1. The van der Waals surface area contributed by atoms with Gasteiger partial charge in [-0.1, -0.05) is 41.4 Å². The predicted molar refractivity (Wildman–Crippen MR) is 99.0 cm³/mol. The molecule has 0 bridgehead atoms. The molecule has 2 aromatic carbocycles. The second-order valence-electron chi connectivity index (χ2n) is 5.63. The highest BCUT2D eigenvalue weighted by molar-refractivity contribution is 6.35. The van der Waals surface area contributed by atoms with E-state index in [0.29, 0.717) is 21.1 Å². The van der Waals surface area contributed by atoms with Crippen LogP contribution in [-0.2, 0) is 11.3 Å². The fourth-order valence-electron chi connectivity index (χ4n) is 2.64. The van der Waals surface area contributed by atoms with Crippen molar-refractivity contribution in [3.63, 3.8) is 0 Å². The molecule has 0 aliphatic heterocycles. The molecule has 128 valence electrons. The number of fused-ring (bicyclic) bond motifs is 1. The van der Waals surface area contributed by atoms with Gasteiger partial charge in [0.05, 0.1) is 23.3 Å². The fourth-order valence-corrected chi connectivity index (χ4v) is 3.21. The van der Waals surface area contributed by atoms with Crippen LogP contribution in [0.4, 0.5) is 0 Å². The summed E-state index contributed by atoms with van der Waals surface area (Å²) in [6.07, 6.45) is 1.22. The van der Waals surface area contributed by atoms with E-state index in [1.807, 2.05) is 13.0 Å². The number of nitrogens with one attached hydrogen (secondary N) is 1. The molecule has 1 unspecified atom stereocenters. The third-order valence-electron chi connectivity index (χ3n) is 3.86. The summed E-state index contributed by atoms with van der Waals surface area (Å²) in [5, 5.41) is 3.86. The molecule has 7 heteroatoms. The zero-order valence-electron chi connectivity index (χ0n) is 13.4. The quantitative estimate of drug-likeness (QED) is 0.757. The van der Waals surface area contributed by atoms with Crippen LogP contribution in [-0.4, -0.2) is 15.5 Å². The maximum absolute atomic E-state index is 12.4. The first-order valence-corrected chi connectivity index (χ1v) is 8.40. The first-order valence-electron chi connectivity index (χ1n) is 7.64. The molecule has 0 aliphatic carbocycles. The first-order chi connectivity index (χ1) is 12.0. The Labute approximate surface area is 154 Å². The van der Waals surface area contributed by atoms with Crippen LogP contribution in [0.1, 0.15) is 18.5 Å². The van der Waals surface area contributed by atoms with Crippen LogP contribution < -0.4 is 10.9 Å². The van der Waals surface area contributed by atoms with Crippen LogP contribution in [0.2, 0.25) is 10.0 Å². The molecule has 1 N–H and O–H groups in total. The van der Waals surface area contributed by atoms with E-state index in [2.05, 4.69) is 10.3 Å². The molecule has 0 spiro atoms. The van der Waals surface area contributed by atoms with Crippen molar-refractivity contribution in [2.45, 2.75) is 19.5 Å². The minimum atomic E-state index is -0.328. The fraction of sp³-hybridized carbons (Fsp3) is 0.167. The van der Waals surface area contributed by atoms with Gasteiger partial charge in [0.2, 0.25) is 5.91 Å². The summed E-state index contributed by atoms with van der Waals surface area (Å²) in [6.45, 7) is 1.72. The Morgan fingerprint density at radius 3 is 2.76 bits per heavy atom. The molecule has 3 rings (SSSR count). The summed E-state index contributed by atoms with van der Waals surface area (Å²) in [4.78, 5) is 28.6. The van der Waals surface area contributed by atoms with Crippen molar-refractivity contribution in [3.05, 3.63) is 74.6 Å². The van der Waals surface area contributed by atoms with Gasteiger partial charge in [0.25, 0.3) is 5.56 Å². The standard InChI is InChI=1S/C18H15Cl2N3O2/c1-11(13-7-6-12(19)8-14(13)20)22-17(24)10-23-16-5-3-2-4-15(16)21-9-18(23)25/h2-9,11H,10H2,1H3,(H,22,24). The van der Waals surface area contributed by atoms with Crippen molar-refractivity contribution >= 4 is 40.1 Å². The van der Waals surface area contributed by atoms with Crippen molar-refractivity contribution in [2.75, 3.05) is 0 Å². The predicted octanol–water partition coefficient (Wildman–Crippen LogP) is 3.58. The number of carbonyl (C=O) groups excluding carboxylic acids is 1. The maximum atomic E-state index is 12.4. The molecule has 0 aliphatic rings. The van der Waals surface area contributed by atoms with Gasteiger partial charge in [-0.3, -0.25) is 14.2 Å². The van der Waals surface area contributed by atoms with E-state index in [-0.39, 0.29) is 24.1 Å². The third kappa shape index (κ3) is 3.83. The van der Waals surface area contributed by atoms with E-state index < -0.39 is 0 Å². The van der Waals surface area contributed by atoms with Gasteiger partial charge in [0.1, 0.15) is 6.54 Å². The molecule has 0 saturated carbocycles. The summed E-state index contributed by atoms with van der Waals surface area (Å²) in [5.74, 6) is -0.294. The third-order valence-corrected chi connectivity index (χ3v) is 4.42. The molecule has 1 atom stereocenters. The molecule has 0 fully saturated rings. The number of amides is 1. The lowest BCUT2D eigenvalue weighted by Gasteiger charge is -2.17. The van der Waals surface area contributed by atoms with Crippen LogP contribution in [0.25, 0.3) is 11.0 Å². The van der Waals surface area contributed by atoms with Crippen LogP contribution in [0.3, 0.4) is 0 Å². The smallest absolute Gasteiger partial charge is 0.269 e. The van der Waals surface area contributed by atoms with Crippen molar-refractivity contribution in [2.24, 2.45) is 0 Å². The highest BCUT2D eigenvalue weighted by Crippen LogP contribution is 2.26. The largest absolute Gasteiger partial charge is 0.348 e. The topological polar surface area (TPSA) is 64.0 Å². The van der Waals surface area contributed by atoms with E-state index in [4.69, 9.17) is 23.2 Å². The van der Waals surface area contributed by atoms with E-state index in [1.165, 1.54) is 10.8 Å². The van der Waals surface area contributed by atoms with Crippen LogP contribution in [0.5, 0.6) is 0 Å². The summed E-state index contributed by atoms with van der Waals surface area (Å²) >= 11 is 12.1. The number of benzene rings is 2. The Bertz CT molecular complexity index is 1000. The van der Waals surface area contributed by atoms with Crippen molar-refractivity contribution in [1.82, 2.24) is 14.9 Å². The van der Waals surface area contributed by atoms with Crippen LogP contribution in [0, 0.1) is 0 Å². The molecule has 1 amide bonds. The molecule has 1 heterocycles. The number of rotatable bonds is 4. The zero-order chi connectivity index (χ0) is 18.0. The van der Waals surface area contributed by atoms with E-state index in [0.717, 1.165) is 5.56 Å². The second-order valence-corrected chi connectivity index (χ2v) is 6.47. The van der Waals surface area contributed by atoms with Gasteiger partial charge in [0, 0.05) is 10.0 Å². The minimum absolute atomic E-state index is 0.0998. The number of para-hydroxylation sites is 2. The summed E-state index contributed by atoms with van der Waals surface area (Å²) in [7, 11) is 0. The van der Waals surface area contributed by atoms with Crippen molar-refractivity contribution in [3.8, 4) is 0 Å². The zero-order valence-corrected chi connectivity index (χ0v) is 14.9. The number of carbonyl (C=O) groups is 1. The minimum Gasteiger partial charge on any atom is -0.348 e.